The van der Waals surface area contributed by atoms with Crippen molar-refractivity contribution in [2.75, 3.05) is 37.6 Å². The summed E-state index contributed by atoms with van der Waals surface area (Å²) in [5, 5.41) is 4.91. The third kappa shape index (κ3) is 4.85. The lowest BCUT2D eigenvalue weighted by molar-refractivity contribution is -0.131. The van der Waals surface area contributed by atoms with E-state index >= 15 is 0 Å². The summed E-state index contributed by atoms with van der Waals surface area (Å²) in [6.07, 6.45) is 1.51. The smallest absolute Gasteiger partial charge is 0.224 e. The topological polar surface area (TPSA) is 38.8 Å². The number of hydrogen-bond donors (Lipinski definition) is 1. The molecule has 7 heteroatoms. The van der Waals surface area contributed by atoms with E-state index in [2.05, 4.69) is 35.9 Å². The monoisotopic (exact) mass is 408 g/mol. The molecule has 2 aliphatic heterocycles. The van der Waals surface area contributed by atoms with Gasteiger partial charge in [0.05, 0.1) is 10.7 Å². The van der Waals surface area contributed by atoms with Crippen molar-refractivity contribution in [1.29, 1.82) is 0 Å². The fourth-order valence-corrected chi connectivity index (χ4v) is 4.87. The zero-order valence-corrected chi connectivity index (χ0v) is 17.9. The fraction of sp³-hybridized carbons (Fsp3) is 0.600. The first kappa shape index (κ1) is 20.2. The molecule has 148 valence electrons. The summed E-state index contributed by atoms with van der Waals surface area (Å²) in [4.78, 5) is 19.0. The molecule has 2 fully saturated rings. The SMILES string of the molecule is C[C@@H]1CC(C)(C)NC(=S)N1CCC(=O)N1CCN(c2ccccc2Cl)CC1. The Hall–Kier alpha value is -1.53. The first-order valence-corrected chi connectivity index (χ1v) is 10.4. The van der Waals surface area contributed by atoms with Crippen LogP contribution in [0.2, 0.25) is 5.02 Å². The highest BCUT2D eigenvalue weighted by Gasteiger charge is 2.33. The summed E-state index contributed by atoms with van der Waals surface area (Å²) >= 11 is 11.8. The molecule has 0 spiro atoms. The average Bonchev–Trinajstić information content (AvgIpc) is 2.60. The Balaban J connectivity index is 1.49. The summed E-state index contributed by atoms with van der Waals surface area (Å²) < 4.78 is 0. The highest BCUT2D eigenvalue weighted by molar-refractivity contribution is 7.80. The Morgan fingerprint density at radius 1 is 1.26 bits per heavy atom. The van der Waals surface area contributed by atoms with Gasteiger partial charge in [0.1, 0.15) is 0 Å². The number of carbonyl (C=O) groups is 1. The first-order valence-electron chi connectivity index (χ1n) is 9.63. The number of para-hydroxylation sites is 1. The van der Waals surface area contributed by atoms with Crippen molar-refractivity contribution in [1.82, 2.24) is 15.1 Å². The number of rotatable bonds is 4. The van der Waals surface area contributed by atoms with Gasteiger partial charge in [0.2, 0.25) is 5.91 Å². The van der Waals surface area contributed by atoms with Gasteiger partial charge in [-0.1, -0.05) is 23.7 Å². The van der Waals surface area contributed by atoms with Crippen LogP contribution in [0.15, 0.2) is 24.3 Å². The standard InChI is InChI=1S/C20H29ClN4OS/c1-15-14-20(2,3)22-19(27)25(15)9-8-18(26)24-12-10-23(11-13-24)17-7-5-4-6-16(17)21/h4-7,15H,8-14H2,1-3H3,(H,22,27)/t15-/m1/s1. The van der Waals surface area contributed by atoms with Crippen molar-refractivity contribution in [3.05, 3.63) is 29.3 Å². The molecule has 0 radical (unpaired) electrons. The van der Waals surface area contributed by atoms with Crippen LogP contribution in [0.4, 0.5) is 5.69 Å². The highest BCUT2D eigenvalue weighted by Crippen LogP contribution is 2.26. The molecule has 2 saturated heterocycles. The zero-order chi connectivity index (χ0) is 19.6. The van der Waals surface area contributed by atoms with Crippen LogP contribution in [-0.2, 0) is 4.79 Å². The number of amides is 1. The van der Waals surface area contributed by atoms with Gasteiger partial charge in [-0.15, -0.1) is 0 Å². The number of carbonyl (C=O) groups excluding carboxylic acids is 1. The quantitative estimate of drug-likeness (QED) is 0.775. The summed E-state index contributed by atoms with van der Waals surface area (Å²) in [5.74, 6) is 0.202. The van der Waals surface area contributed by atoms with Gasteiger partial charge in [0.15, 0.2) is 5.11 Å². The molecule has 0 aliphatic carbocycles. The van der Waals surface area contributed by atoms with Crippen LogP contribution in [-0.4, -0.2) is 65.1 Å². The van der Waals surface area contributed by atoms with Gasteiger partial charge < -0.3 is 20.0 Å². The Labute approximate surface area is 172 Å². The van der Waals surface area contributed by atoms with Crippen LogP contribution in [0.1, 0.15) is 33.6 Å². The van der Waals surface area contributed by atoms with Crippen LogP contribution in [0.25, 0.3) is 0 Å². The van der Waals surface area contributed by atoms with Crippen molar-refractivity contribution in [2.24, 2.45) is 0 Å². The number of nitrogens with zero attached hydrogens (tertiary/aromatic N) is 3. The maximum Gasteiger partial charge on any atom is 0.224 e. The molecule has 1 N–H and O–H groups in total. The fourth-order valence-electron chi connectivity index (χ4n) is 4.06. The highest BCUT2D eigenvalue weighted by atomic mass is 35.5. The third-order valence-electron chi connectivity index (χ3n) is 5.44. The predicted octanol–water partition coefficient (Wildman–Crippen LogP) is 3.13. The molecule has 1 aromatic carbocycles. The summed E-state index contributed by atoms with van der Waals surface area (Å²) in [7, 11) is 0. The number of halogens is 1. The lowest BCUT2D eigenvalue weighted by atomic mass is 9.93. The molecule has 1 atom stereocenters. The van der Waals surface area contributed by atoms with Gasteiger partial charge in [0.25, 0.3) is 0 Å². The van der Waals surface area contributed by atoms with Gasteiger partial charge in [-0.25, -0.2) is 0 Å². The van der Waals surface area contributed by atoms with Crippen LogP contribution in [0.3, 0.4) is 0 Å². The number of hydrogen-bond acceptors (Lipinski definition) is 3. The maximum atomic E-state index is 12.7. The molecule has 3 rings (SSSR count). The number of piperazine rings is 1. The Bertz CT molecular complexity index is 703. The van der Waals surface area contributed by atoms with Crippen molar-refractivity contribution in [2.45, 2.75) is 45.2 Å². The second-order valence-electron chi connectivity index (χ2n) is 8.13. The molecule has 27 heavy (non-hydrogen) atoms. The lowest BCUT2D eigenvalue weighted by Crippen LogP contribution is -2.60. The van der Waals surface area contributed by atoms with E-state index in [0.717, 1.165) is 48.4 Å². The summed E-state index contributed by atoms with van der Waals surface area (Å²) in [6, 6.07) is 8.22. The van der Waals surface area contributed by atoms with Gasteiger partial charge in [-0.2, -0.15) is 0 Å². The normalized spacial score (nSPS) is 22.6. The molecular formula is C20H29ClN4OS. The van der Waals surface area contributed by atoms with Gasteiger partial charge >= 0.3 is 0 Å². The second-order valence-corrected chi connectivity index (χ2v) is 8.92. The van der Waals surface area contributed by atoms with Crippen LogP contribution in [0, 0.1) is 0 Å². The molecule has 0 saturated carbocycles. The molecule has 1 aromatic rings. The minimum absolute atomic E-state index is 0.0199. The van der Waals surface area contributed by atoms with E-state index < -0.39 is 0 Å². The Morgan fingerprint density at radius 3 is 2.56 bits per heavy atom. The molecule has 2 heterocycles. The Kier molecular flexibility index (Phi) is 6.16. The first-order chi connectivity index (χ1) is 12.8. The zero-order valence-electron chi connectivity index (χ0n) is 16.4. The van der Waals surface area contributed by atoms with Crippen LogP contribution >= 0.6 is 23.8 Å². The maximum absolute atomic E-state index is 12.7. The largest absolute Gasteiger partial charge is 0.367 e. The molecular weight excluding hydrogens is 380 g/mol. The lowest BCUT2D eigenvalue weighted by Gasteiger charge is -2.45. The molecule has 2 aliphatic rings. The third-order valence-corrected chi connectivity index (χ3v) is 6.09. The van der Waals surface area contributed by atoms with Crippen LogP contribution < -0.4 is 10.2 Å². The molecule has 5 nitrogen and oxygen atoms in total. The second kappa shape index (κ2) is 8.23. The van der Waals surface area contributed by atoms with Gasteiger partial charge in [-0.05, 0) is 51.5 Å². The number of benzene rings is 1. The van der Waals surface area contributed by atoms with E-state index in [4.69, 9.17) is 23.8 Å². The summed E-state index contributed by atoms with van der Waals surface area (Å²) in [6.45, 7) is 10.3. The van der Waals surface area contributed by atoms with Crippen molar-refractivity contribution in [3.8, 4) is 0 Å². The van der Waals surface area contributed by atoms with Crippen molar-refractivity contribution in [3.63, 3.8) is 0 Å². The molecule has 0 unspecified atom stereocenters. The van der Waals surface area contributed by atoms with E-state index in [9.17, 15) is 4.79 Å². The van der Waals surface area contributed by atoms with Crippen LogP contribution in [0.5, 0.6) is 0 Å². The van der Waals surface area contributed by atoms with Crippen molar-refractivity contribution < 1.29 is 4.79 Å². The minimum Gasteiger partial charge on any atom is -0.367 e. The van der Waals surface area contributed by atoms with Crippen molar-refractivity contribution >= 4 is 40.5 Å². The van der Waals surface area contributed by atoms with E-state index in [1.54, 1.807) is 0 Å². The number of thiocarbonyl (C=S) groups is 1. The average molecular weight is 409 g/mol. The molecule has 1 amide bonds. The van der Waals surface area contributed by atoms with E-state index in [-0.39, 0.29) is 11.4 Å². The summed E-state index contributed by atoms with van der Waals surface area (Å²) in [5.41, 5.74) is 1.07. The Morgan fingerprint density at radius 2 is 1.93 bits per heavy atom. The van der Waals surface area contributed by atoms with Gasteiger partial charge in [-0.3, -0.25) is 4.79 Å². The van der Waals surface area contributed by atoms with E-state index in [1.807, 2.05) is 29.2 Å². The molecule has 0 aromatic heterocycles. The van der Waals surface area contributed by atoms with E-state index in [1.165, 1.54) is 0 Å². The van der Waals surface area contributed by atoms with E-state index in [0.29, 0.717) is 19.0 Å². The van der Waals surface area contributed by atoms with Gasteiger partial charge in [0, 0.05) is 50.7 Å². The number of anilines is 1. The number of nitrogens with one attached hydrogen (secondary N) is 1. The molecule has 0 bridgehead atoms. The minimum atomic E-state index is 0.0199. The predicted molar refractivity (Wildman–Crippen MR) is 115 cm³/mol.